The minimum absolute atomic E-state index is 0.497. The fourth-order valence-corrected chi connectivity index (χ4v) is 2.94. The molecule has 1 rings (SSSR count). The number of hydrogen-bond donors (Lipinski definition) is 1. The van der Waals surface area contributed by atoms with Crippen LogP contribution in [0.5, 0.6) is 0 Å². The summed E-state index contributed by atoms with van der Waals surface area (Å²) in [5.41, 5.74) is -0.567. The van der Waals surface area contributed by atoms with Gasteiger partial charge in [0, 0.05) is 13.7 Å². The maximum atomic E-state index is 11.6. The molecule has 124 valence electrons. The number of methoxy groups -OCH3 is 1. The summed E-state index contributed by atoms with van der Waals surface area (Å²) >= 11 is 0. The van der Waals surface area contributed by atoms with Crippen molar-refractivity contribution in [3.05, 3.63) is 0 Å². The zero-order valence-corrected chi connectivity index (χ0v) is 13.4. The molecule has 0 aromatic heterocycles. The molecule has 0 aromatic rings. The normalized spacial score (nSPS) is 25.9. The van der Waals surface area contributed by atoms with Gasteiger partial charge in [-0.15, -0.1) is 0 Å². The molecule has 1 aliphatic carbocycles. The molecule has 0 heterocycles. The summed E-state index contributed by atoms with van der Waals surface area (Å²) in [7, 11) is 1.64. The van der Waals surface area contributed by atoms with Crippen LogP contribution in [0.2, 0.25) is 0 Å². The first-order chi connectivity index (χ1) is 10.1. The first kappa shape index (κ1) is 18.4. The molecular weight excluding hydrogens is 272 g/mol. The van der Waals surface area contributed by atoms with Gasteiger partial charge in [-0.3, -0.25) is 4.79 Å². The molecule has 0 amide bonds. The molecule has 0 unspecified atom stereocenters. The van der Waals surface area contributed by atoms with Crippen molar-refractivity contribution in [1.29, 1.82) is 0 Å². The lowest BCUT2D eigenvalue weighted by Gasteiger charge is -2.36. The van der Waals surface area contributed by atoms with Gasteiger partial charge in [-0.1, -0.05) is 13.3 Å². The van der Waals surface area contributed by atoms with Crippen molar-refractivity contribution >= 4 is 5.97 Å². The van der Waals surface area contributed by atoms with E-state index in [-0.39, 0.29) is 0 Å². The van der Waals surface area contributed by atoms with Crippen LogP contribution in [0, 0.1) is 11.3 Å². The molecule has 0 atom stereocenters. The van der Waals surface area contributed by atoms with E-state index in [2.05, 4.69) is 6.92 Å². The number of carboxylic acid groups (broad SMARTS) is 1. The highest BCUT2D eigenvalue weighted by molar-refractivity contribution is 5.74. The molecule has 5 heteroatoms. The van der Waals surface area contributed by atoms with Crippen molar-refractivity contribution in [2.75, 3.05) is 40.1 Å². The topological polar surface area (TPSA) is 65.0 Å². The summed E-state index contributed by atoms with van der Waals surface area (Å²) < 4.78 is 15.7. The van der Waals surface area contributed by atoms with Gasteiger partial charge in [0.25, 0.3) is 0 Å². The Morgan fingerprint density at radius 2 is 1.67 bits per heavy atom. The Bertz CT molecular complexity index is 284. The van der Waals surface area contributed by atoms with Crippen LogP contribution >= 0.6 is 0 Å². The fourth-order valence-electron chi connectivity index (χ4n) is 2.94. The highest BCUT2D eigenvalue weighted by Crippen LogP contribution is 2.42. The second kappa shape index (κ2) is 10.1. The maximum absolute atomic E-state index is 11.6. The van der Waals surface area contributed by atoms with Crippen molar-refractivity contribution in [2.45, 2.75) is 45.4 Å². The van der Waals surface area contributed by atoms with Crippen LogP contribution in [-0.4, -0.2) is 51.2 Å². The minimum atomic E-state index is -0.656. The van der Waals surface area contributed by atoms with Gasteiger partial charge in [0.2, 0.25) is 0 Å². The minimum Gasteiger partial charge on any atom is -0.481 e. The van der Waals surface area contributed by atoms with Crippen molar-refractivity contribution < 1.29 is 24.1 Å². The molecule has 0 spiro atoms. The maximum Gasteiger partial charge on any atom is 0.309 e. The smallest absolute Gasteiger partial charge is 0.309 e. The summed E-state index contributed by atoms with van der Waals surface area (Å²) in [4.78, 5) is 11.6. The van der Waals surface area contributed by atoms with E-state index in [1.54, 1.807) is 7.11 Å². The molecule has 21 heavy (non-hydrogen) atoms. The van der Waals surface area contributed by atoms with Crippen LogP contribution in [0.25, 0.3) is 0 Å². The van der Waals surface area contributed by atoms with E-state index in [0.29, 0.717) is 45.4 Å². The third-order valence-corrected chi connectivity index (χ3v) is 4.62. The number of hydrogen-bond acceptors (Lipinski definition) is 4. The predicted molar refractivity (Wildman–Crippen MR) is 80.4 cm³/mol. The number of rotatable bonds is 11. The lowest BCUT2D eigenvalue weighted by atomic mass is 9.68. The second-order valence-electron chi connectivity index (χ2n) is 5.90. The van der Waals surface area contributed by atoms with Crippen LogP contribution in [0.1, 0.15) is 45.4 Å². The first-order valence-corrected chi connectivity index (χ1v) is 8.02. The molecule has 0 radical (unpaired) electrons. The number of ether oxygens (including phenoxy) is 3. The summed E-state index contributed by atoms with van der Waals surface area (Å²) in [5, 5.41) is 9.55. The van der Waals surface area contributed by atoms with Crippen molar-refractivity contribution in [3.8, 4) is 0 Å². The van der Waals surface area contributed by atoms with E-state index in [1.807, 2.05) is 0 Å². The molecule has 1 N–H and O–H groups in total. The summed E-state index contributed by atoms with van der Waals surface area (Å²) in [6.07, 6.45) is 5.40. The van der Waals surface area contributed by atoms with Crippen LogP contribution in [0.15, 0.2) is 0 Å². The fraction of sp³-hybridized carbons (Fsp3) is 0.938. The van der Waals surface area contributed by atoms with Gasteiger partial charge in [0.15, 0.2) is 0 Å². The van der Waals surface area contributed by atoms with Gasteiger partial charge in [0.1, 0.15) is 0 Å². The predicted octanol–water partition coefficient (Wildman–Crippen LogP) is 2.73. The van der Waals surface area contributed by atoms with Crippen molar-refractivity contribution in [2.24, 2.45) is 11.3 Å². The van der Waals surface area contributed by atoms with Crippen molar-refractivity contribution in [3.63, 3.8) is 0 Å². The van der Waals surface area contributed by atoms with Gasteiger partial charge < -0.3 is 19.3 Å². The Hall–Kier alpha value is -0.650. The van der Waals surface area contributed by atoms with Gasteiger partial charge in [-0.2, -0.15) is 0 Å². The Kier molecular flexibility index (Phi) is 8.88. The molecule has 5 nitrogen and oxygen atoms in total. The molecule has 0 aliphatic heterocycles. The number of aliphatic carboxylic acids is 1. The quantitative estimate of drug-likeness (QED) is 0.594. The highest BCUT2D eigenvalue weighted by atomic mass is 16.5. The van der Waals surface area contributed by atoms with E-state index in [1.165, 1.54) is 0 Å². The van der Waals surface area contributed by atoms with E-state index in [0.717, 1.165) is 32.1 Å². The lowest BCUT2D eigenvalue weighted by Crippen LogP contribution is -2.36. The summed E-state index contributed by atoms with van der Waals surface area (Å²) in [5.74, 6) is 0.0459. The van der Waals surface area contributed by atoms with Crippen LogP contribution in [0.4, 0.5) is 0 Å². The largest absolute Gasteiger partial charge is 0.481 e. The third kappa shape index (κ3) is 6.32. The number of carbonyl (C=O) groups is 1. The van der Waals surface area contributed by atoms with E-state index < -0.39 is 11.4 Å². The van der Waals surface area contributed by atoms with Gasteiger partial charge in [-0.25, -0.2) is 0 Å². The molecule has 0 saturated heterocycles. The number of carboxylic acids is 1. The highest BCUT2D eigenvalue weighted by Gasteiger charge is 2.41. The summed E-state index contributed by atoms with van der Waals surface area (Å²) in [6, 6.07) is 0. The SMILES string of the molecule is CCC1CCC(CCOCCOCCOC)(C(=O)O)CC1. The molecule has 0 bridgehead atoms. The average molecular weight is 302 g/mol. The lowest BCUT2D eigenvalue weighted by molar-refractivity contribution is -0.153. The summed E-state index contributed by atoms with van der Waals surface area (Å²) in [6.45, 7) is 4.87. The third-order valence-electron chi connectivity index (χ3n) is 4.62. The van der Waals surface area contributed by atoms with E-state index >= 15 is 0 Å². The monoisotopic (exact) mass is 302 g/mol. The standard InChI is InChI=1S/C16H30O5/c1-3-14-4-6-16(7-5-14,15(17)18)8-9-20-12-13-21-11-10-19-2/h14H,3-13H2,1-2H3,(H,17,18). The molecular formula is C16H30O5. The first-order valence-electron chi connectivity index (χ1n) is 8.02. The van der Waals surface area contributed by atoms with Gasteiger partial charge >= 0.3 is 5.97 Å². The van der Waals surface area contributed by atoms with E-state index in [4.69, 9.17) is 14.2 Å². The van der Waals surface area contributed by atoms with Crippen LogP contribution < -0.4 is 0 Å². The van der Waals surface area contributed by atoms with E-state index in [9.17, 15) is 9.90 Å². The Morgan fingerprint density at radius 1 is 1.10 bits per heavy atom. The van der Waals surface area contributed by atoms with Crippen LogP contribution in [-0.2, 0) is 19.0 Å². The van der Waals surface area contributed by atoms with Crippen molar-refractivity contribution in [1.82, 2.24) is 0 Å². The molecule has 1 fully saturated rings. The van der Waals surface area contributed by atoms with Crippen LogP contribution in [0.3, 0.4) is 0 Å². The Balaban J connectivity index is 2.19. The Morgan fingerprint density at radius 3 is 2.19 bits per heavy atom. The molecule has 1 aliphatic rings. The zero-order valence-electron chi connectivity index (χ0n) is 13.4. The zero-order chi connectivity index (χ0) is 15.6. The molecule has 1 saturated carbocycles. The average Bonchev–Trinajstić information content (AvgIpc) is 2.50. The van der Waals surface area contributed by atoms with Gasteiger partial charge in [0.05, 0.1) is 31.8 Å². The second-order valence-corrected chi connectivity index (χ2v) is 5.90. The Labute approximate surface area is 128 Å². The molecule has 0 aromatic carbocycles. The van der Waals surface area contributed by atoms with Gasteiger partial charge in [-0.05, 0) is 38.0 Å².